The van der Waals surface area contributed by atoms with Crippen LogP contribution in [0.5, 0.6) is 0 Å². The van der Waals surface area contributed by atoms with Crippen LogP contribution in [0.3, 0.4) is 0 Å². The summed E-state index contributed by atoms with van der Waals surface area (Å²) in [4.78, 5) is 11.3. The maximum atomic E-state index is 11.3. The lowest BCUT2D eigenvalue weighted by Crippen LogP contribution is -2.27. The van der Waals surface area contributed by atoms with Gasteiger partial charge in [0.1, 0.15) is 9.84 Å². The highest BCUT2D eigenvalue weighted by Crippen LogP contribution is 2.17. The van der Waals surface area contributed by atoms with E-state index >= 15 is 0 Å². The second-order valence-corrected chi connectivity index (χ2v) is 7.53. The molecule has 1 amide bonds. The van der Waals surface area contributed by atoms with Gasteiger partial charge in [-0.3, -0.25) is 4.79 Å². The van der Waals surface area contributed by atoms with E-state index in [1.54, 1.807) is 0 Å². The van der Waals surface area contributed by atoms with Crippen molar-refractivity contribution in [1.82, 2.24) is 0 Å². The molecule has 100 valence electrons. The Morgan fingerprint density at radius 2 is 2.11 bits per heavy atom. The summed E-state index contributed by atoms with van der Waals surface area (Å²) >= 11 is 3.35. The Kier molecular flexibility index (Phi) is 5.34. The Balaban J connectivity index is 2.72. The van der Waals surface area contributed by atoms with Gasteiger partial charge in [0.15, 0.2) is 0 Å². The molecule has 0 heterocycles. The van der Waals surface area contributed by atoms with E-state index in [-0.39, 0.29) is 12.2 Å². The zero-order chi connectivity index (χ0) is 13.8. The molecule has 0 spiro atoms. The smallest absolute Gasteiger partial charge is 0.220 e. The number of benzene rings is 1. The van der Waals surface area contributed by atoms with Gasteiger partial charge in [0.05, 0.1) is 5.75 Å². The van der Waals surface area contributed by atoms with Crippen LogP contribution in [0.15, 0.2) is 28.7 Å². The number of carbonyl (C=O) groups excluding carboxylic acids is 1. The number of halogens is 1. The molecule has 0 saturated heterocycles. The third-order valence-corrected chi connectivity index (χ3v) is 4.08. The highest BCUT2D eigenvalue weighted by atomic mass is 79.9. The molecule has 0 saturated carbocycles. The van der Waals surface area contributed by atoms with Gasteiger partial charge in [-0.05, 0) is 30.5 Å². The fourth-order valence-electron chi connectivity index (χ4n) is 1.65. The van der Waals surface area contributed by atoms with E-state index in [1.807, 2.05) is 24.3 Å². The van der Waals surface area contributed by atoms with Crippen LogP contribution in [0.25, 0.3) is 0 Å². The number of primary amides is 1. The second-order valence-electron chi connectivity index (χ2n) is 4.35. The first-order valence-corrected chi connectivity index (χ1v) is 8.35. The Morgan fingerprint density at radius 3 is 2.61 bits per heavy atom. The average Bonchev–Trinajstić information content (AvgIpc) is 2.22. The fourth-order valence-corrected chi connectivity index (χ4v) is 2.81. The highest BCUT2D eigenvalue weighted by molar-refractivity contribution is 9.10. The van der Waals surface area contributed by atoms with E-state index in [0.717, 1.165) is 16.3 Å². The lowest BCUT2D eigenvalue weighted by Gasteiger charge is -2.12. The third kappa shape index (κ3) is 5.64. The summed E-state index contributed by atoms with van der Waals surface area (Å²) in [5.41, 5.74) is 6.27. The fraction of sp³-hybridized carbons (Fsp3) is 0.417. The quantitative estimate of drug-likeness (QED) is 0.857. The van der Waals surface area contributed by atoms with Crippen molar-refractivity contribution in [3.63, 3.8) is 0 Å². The monoisotopic (exact) mass is 333 g/mol. The van der Waals surface area contributed by atoms with Crippen LogP contribution < -0.4 is 5.73 Å². The van der Waals surface area contributed by atoms with Crippen molar-refractivity contribution in [2.75, 3.05) is 12.0 Å². The minimum Gasteiger partial charge on any atom is -0.369 e. The predicted molar refractivity (Wildman–Crippen MR) is 74.9 cm³/mol. The molecule has 2 N–H and O–H groups in total. The van der Waals surface area contributed by atoms with Crippen molar-refractivity contribution in [2.24, 2.45) is 11.7 Å². The van der Waals surface area contributed by atoms with E-state index < -0.39 is 21.7 Å². The van der Waals surface area contributed by atoms with Gasteiger partial charge in [0.2, 0.25) is 5.91 Å². The maximum absolute atomic E-state index is 11.3. The molecule has 0 aliphatic rings. The summed E-state index contributed by atoms with van der Waals surface area (Å²) < 4.78 is 23.1. The topological polar surface area (TPSA) is 77.2 Å². The molecule has 1 atom stereocenters. The molecule has 0 radical (unpaired) electrons. The minimum atomic E-state index is -3.07. The number of amides is 1. The Morgan fingerprint density at radius 1 is 1.44 bits per heavy atom. The van der Waals surface area contributed by atoms with E-state index in [4.69, 9.17) is 5.73 Å². The summed E-state index contributed by atoms with van der Waals surface area (Å²) in [6.45, 7) is 0. The first-order chi connectivity index (χ1) is 8.28. The number of rotatable bonds is 6. The summed E-state index contributed by atoms with van der Waals surface area (Å²) in [6, 6.07) is 7.55. The summed E-state index contributed by atoms with van der Waals surface area (Å²) in [7, 11) is -3.07. The molecule has 0 aliphatic heterocycles. The Hall–Kier alpha value is -0.880. The van der Waals surface area contributed by atoms with E-state index in [0.29, 0.717) is 6.42 Å². The van der Waals surface area contributed by atoms with Crippen molar-refractivity contribution in [3.8, 4) is 0 Å². The molecule has 1 rings (SSSR count). The second kappa shape index (κ2) is 6.33. The molecule has 0 aliphatic carbocycles. The molecule has 0 fully saturated rings. The van der Waals surface area contributed by atoms with Crippen LogP contribution in [0, 0.1) is 5.92 Å². The van der Waals surface area contributed by atoms with Crippen molar-refractivity contribution < 1.29 is 13.2 Å². The number of hydrogen-bond donors (Lipinski definition) is 1. The highest BCUT2D eigenvalue weighted by Gasteiger charge is 2.18. The number of nitrogens with two attached hydrogens (primary N) is 1. The summed E-state index contributed by atoms with van der Waals surface area (Å²) in [5, 5.41) is 0. The predicted octanol–water partition coefficient (Wildman–Crippen LogP) is 1.53. The largest absolute Gasteiger partial charge is 0.369 e. The molecule has 4 nitrogen and oxygen atoms in total. The van der Waals surface area contributed by atoms with Crippen LogP contribution >= 0.6 is 15.9 Å². The molecule has 0 bridgehead atoms. The number of sulfone groups is 1. The van der Waals surface area contributed by atoms with E-state index in [1.165, 1.54) is 0 Å². The van der Waals surface area contributed by atoms with Gasteiger partial charge >= 0.3 is 0 Å². The van der Waals surface area contributed by atoms with Crippen LogP contribution in [0.4, 0.5) is 0 Å². The SMILES string of the molecule is CS(=O)(=O)CC[C@H](Cc1cccc(Br)c1)C(N)=O. The van der Waals surface area contributed by atoms with Crippen molar-refractivity contribution in [1.29, 1.82) is 0 Å². The van der Waals surface area contributed by atoms with Crippen molar-refractivity contribution >= 4 is 31.7 Å². The third-order valence-electron chi connectivity index (χ3n) is 2.61. The molecule has 6 heteroatoms. The summed E-state index contributed by atoms with van der Waals surface area (Å²) in [5.74, 6) is -0.929. The van der Waals surface area contributed by atoms with Crippen LogP contribution in [0.2, 0.25) is 0 Å². The zero-order valence-corrected chi connectivity index (χ0v) is 12.5. The van der Waals surface area contributed by atoms with Crippen molar-refractivity contribution in [2.45, 2.75) is 12.8 Å². The van der Waals surface area contributed by atoms with Gasteiger partial charge in [0.25, 0.3) is 0 Å². The molecular formula is C12H16BrNO3S. The molecule has 0 aromatic heterocycles. The maximum Gasteiger partial charge on any atom is 0.220 e. The van der Waals surface area contributed by atoms with Gasteiger partial charge in [-0.25, -0.2) is 8.42 Å². The minimum absolute atomic E-state index is 0.0192. The molecule has 0 unspecified atom stereocenters. The number of carbonyl (C=O) groups is 1. The van der Waals surface area contributed by atoms with Gasteiger partial charge < -0.3 is 5.73 Å². The Bertz CT molecular complexity index is 528. The molecular weight excluding hydrogens is 318 g/mol. The normalized spacial score (nSPS) is 13.2. The van der Waals surface area contributed by atoms with E-state index in [2.05, 4.69) is 15.9 Å². The van der Waals surface area contributed by atoms with Crippen LogP contribution in [-0.2, 0) is 21.1 Å². The molecule has 1 aromatic rings. The first kappa shape index (κ1) is 15.2. The summed E-state index contributed by atoms with van der Waals surface area (Å²) in [6.07, 6.45) is 1.88. The van der Waals surface area contributed by atoms with Crippen molar-refractivity contribution in [3.05, 3.63) is 34.3 Å². The molecule has 18 heavy (non-hydrogen) atoms. The lowest BCUT2D eigenvalue weighted by molar-refractivity contribution is -0.121. The average molecular weight is 334 g/mol. The zero-order valence-electron chi connectivity index (χ0n) is 10.1. The molecule has 1 aromatic carbocycles. The first-order valence-electron chi connectivity index (χ1n) is 5.49. The van der Waals surface area contributed by atoms with Gasteiger partial charge in [-0.2, -0.15) is 0 Å². The standard InChI is InChI=1S/C12H16BrNO3S/c1-18(16,17)6-5-10(12(14)15)7-9-3-2-4-11(13)8-9/h2-4,8,10H,5-7H2,1H3,(H2,14,15)/t10-/m1/s1. The van der Waals surface area contributed by atoms with Gasteiger partial charge in [0, 0.05) is 16.6 Å². The van der Waals surface area contributed by atoms with Gasteiger partial charge in [-0.1, -0.05) is 28.1 Å². The lowest BCUT2D eigenvalue weighted by atomic mass is 9.96. The number of hydrogen-bond acceptors (Lipinski definition) is 3. The van der Waals surface area contributed by atoms with Crippen LogP contribution in [0.1, 0.15) is 12.0 Å². The van der Waals surface area contributed by atoms with Gasteiger partial charge in [-0.15, -0.1) is 0 Å². The van der Waals surface area contributed by atoms with E-state index in [9.17, 15) is 13.2 Å². The van der Waals surface area contributed by atoms with Crippen LogP contribution in [-0.4, -0.2) is 26.3 Å². The Labute approximate surface area is 116 Å².